The van der Waals surface area contributed by atoms with E-state index in [1.165, 1.54) is 42.4 Å². The van der Waals surface area contributed by atoms with E-state index in [0.717, 1.165) is 13.1 Å². The van der Waals surface area contributed by atoms with E-state index in [9.17, 15) is 0 Å². The van der Waals surface area contributed by atoms with Crippen LogP contribution in [0, 0.1) is 5.41 Å². The van der Waals surface area contributed by atoms with Gasteiger partial charge in [-0.1, -0.05) is 20.8 Å². The molecule has 0 atom stereocenters. The standard InChI is InChI=1S/C14H25N3S/c1-4-14(5-2)7-8-17(11-14)13-16-10-12(18-13)9-15-6-3/h10,15H,4-9,11H2,1-3H3. The molecule has 2 heterocycles. The second-order valence-corrected chi connectivity index (χ2v) is 6.36. The van der Waals surface area contributed by atoms with Crippen molar-refractivity contribution in [1.82, 2.24) is 10.3 Å². The van der Waals surface area contributed by atoms with Crippen LogP contribution in [0.5, 0.6) is 0 Å². The molecule has 0 aliphatic carbocycles. The Morgan fingerprint density at radius 2 is 2.17 bits per heavy atom. The fourth-order valence-corrected chi connectivity index (χ4v) is 3.60. The van der Waals surface area contributed by atoms with Gasteiger partial charge in [-0.3, -0.25) is 0 Å². The van der Waals surface area contributed by atoms with Crippen molar-refractivity contribution in [1.29, 1.82) is 0 Å². The van der Waals surface area contributed by atoms with Crippen LogP contribution in [0.3, 0.4) is 0 Å². The van der Waals surface area contributed by atoms with Gasteiger partial charge in [0.2, 0.25) is 0 Å². The lowest BCUT2D eigenvalue weighted by molar-refractivity contribution is 0.301. The first-order valence-electron chi connectivity index (χ1n) is 7.13. The number of hydrogen-bond acceptors (Lipinski definition) is 4. The molecule has 2 rings (SSSR count). The molecule has 0 radical (unpaired) electrons. The highest BCUT2D eigenvalue weighted by Gasteiger charge is 2.35. The molecule has 0 unspecified atom stereocenters. The molecule has 18 heavy (non-hydrogen) atoms. The normalized spacial score (nSPS) is 18.5. The maximum absolute atomic E-state index is 4.59. The Morgan fingerprint density at radius 3 is 2.78 bits per heavy atom. The molecule has 1 saturated heterocycles. The number of thiazole rings is 1. The zero-order valence-corrected chi connectivity index (χ0v) is 12.6. The third-order valence-electron chi connectivity index (χ3n) is 4.30. The summed E-state index contributed by atoms with van der Waals surface area (Å²) in [6, 6.07) is 0. The molecule has 0 spiro atoms. The lowest BCUT2D eigenvalue weighted by atomic mass is 9.82. The van der Waals surface area contributed by atoms with Gasteiger partial charge in [0.15, 0.2) is 5.13 Å². The number of nitrogens with one attached hydrogen (secondary N) is 1. The smallest absolute Gasteiger partial charge is 0.185 e. The molecule has 1 aliphatic rings. The van der Waals surface area contributed by atoms with Crippen molar-refractivity contribution in [2.24, 2.45) is 5.41 Å². The van der Waals surface area contributed by atoms with Crippen molar-refractivity contribution in [2.45, 2.75) is 46.6 Å². The van der Waals surface area contributed by atoms with E-state index < -0.39 is 0 Å². The van der Waals surface area contributed by atoms with Gasteiger partial charge >= 0.3 is 0 Å². The van der Waals surface area contributed by atoms with Gasteiger partial charge in [0.05, 0.1) is 0 Å². The Balaban J connectivity index is 1.98. The van der Waals surface area contributed by atoms with Crippen LogP contribution in [0.2, 0.25) is 0 Å². The van der Waals surface area contributed by atoms with Gasteiger partial charge in [0, 0.05) is 30.7 Å². The number of hydrogen-bond donors (Lipinski definition) is 1. The zero-order chi connectivity index (χ0) is 13.0. The summed E-state index contributed by atoms with van der Waals surface area (Å²) in [6.07, 6.45) is 5.92. The van der Waals surface area contributed by atoms with Crippen LogP contribution >= 0.6 is 11.3 Å². The summed E-state index contributed by atoms with van der Waals surface area (Å²) in [6.45, 7) is 11.1. The summed E-state index contributed by atoms with van der Waals surface area (Å²) in [5, 5.41) is 4.57. The summed E-state index contributed by atoms with van der Waals surface area (Å²) in [5.74, 6) is 0. The van der Waals surface area contributed by atoms with Gasteiger partial charge in [0.1, 0.15) is 0 Å². The van der Waals surface area contributed by atoms with E-state index in [1.807, 2.05) is 17.5 Å². The topological polar surface area (TPSA) is 28.2 Å². The summed E-state index contributed by atoms with van der Waals surface area (Å²) in [4.78, 5) is 8.41. The Bertz CT molecular complexity index is 371. The van der Waals surface area contributed by atoms with Crippen molar-refractivity contribution < 1.29 is 0 Å². The largest absolute Gasteiger partial charge is 0.348 e. The average molecular weight is 267 g/mol. The molecule has 0 bridgehead atoms. The van der Waals surface area contributed by atoms with Crippen molar-refractivity contribution >= 4 is 16.5 Å². The zero-order valence-electron chi connectivity index (χ0n) is 11.8. The minimum atomic E-state index is 0.535. The van der Waals surface area contributed by atoms with Crippen molar-refractivity contribution in [3.8, 4) is 0 Å². The molecule has 0 saturated carbocycles. The molecule has 1 fully saturated rings. The molecule has 0 amide bonds. The molecule has 1 aromatic heterocycles. The van der Waals surface area contributed by atoms with E-state index >= 15 is 0 Å². The number of rotatable bonds is 6. The Hall–Kier alpha value is -0.610. The third kappa shape index (κ3) is 2.86. The molecule has 1 aliphatic heterocycles. The molecule has 3 nitrogen and oxygen atoms in total. The highest BCUT2D eigenvalue weighted by molar-refractivity contribution is 7.15. The maximum Gasteiger partial charge on any atom is 0.185 e. The maximum atomic E-state index is 4.59. The van der Waals surface area contributed by atoms with E-state index in [1.54, 1.807) is 0 Å². The highest BCUT2D eigenvalue weighted by Crippen LogP contribution is 2.39. The Labute approximate surface area is 115 Å². The third-order valence-corrected chi connectivity index (χ3v) is 5.36. The van der Waals surface area contributed by atoms with Crippen molar-refractivity contribution in [3.63, 3.8) is 0 Å². The van der Waals surface area contributed by atoms with Crippen LogP contribution < -0.4 is 10.2 Å². The summed E-state index contributed by atoms with van der Waals surface area (Å²) >= 11 is 1.84. The van der Waals surface area contributed by atoms with Crippen molar-refractivity contribution in [2.75, 3.05) is 24.5 Å². The minimum absolute atomic E-state index is 0.535. The van der Waals surface area contributed by atoms with E-state index in [0.29, 0.717) is 5.41 Å². The minimum Gasteiger partial charge on any atom is -0.348 e. The van der Waals surface area contributed by atoms with Gasteiger partial charge in [-0.15, -0.1) is 11.3 Å². The molecule has 102 valence electrons. The first kappa shape index (κ1) is 13.8. The average Bonchev–Trinajstić information content (AvgIpc) is 3.03. The Morgan fingerprint density at radius 1 is 1.39 bits per heavy atom. The molecule has 1 N–H and O–H groups in total. The lowest BCUT2D eigenvalue weighted by Gasteiger charge is -2.26. The van der Waals surface area contributed by atoms with Gasteiger partial charge in [-0.05, 0) is 31.2 Å². The SMILES string of the molecule is CCNCc1cnc(N2CCC(CC)(CC)C2)s1. The highest BCUT2D eigenvalue weighted by atomic mass is 32.1. The molecule has 4 heteroatoms. The Kier molecular flexibility index (Phi) is 4.62. The van der Waals surface area contributed by atoms with Crippen LogP contribution in [0.25, 0.3) is 0 Å². The number of nitrogens with zero attached hydrogens (tertiary/aromatic N) is 2. The second-order valence-electron chi connectivity index (χ2n) is 5.27. The first-order valence-corrected chi connectivity index (χ1v) is 7.95. The monoisotopic (exact) mass is 267 g/mol. The van der Waals surface area contributed by atoms with E-state index in [2.05, 4.69) is 36.0 Å². The molecule has 0 aromatic carbocycles. The summed E-state index contributed by atoms with van der Waals surface area (Å²) in [7, 11) is 0. The molecular formula is C14H25N3S. The number of aromatic nitrogens is 1. The van der Waals surface area contributed by atoms with Gasteiger partial charge in [0.25, 0.3) is 0 Å². The van der Waals surface area contributed by atoms with Crippen LogP contribution in [0.15, 0.2) is 6.20 Å². The van der Waals surface area contributed by atoms with Crippen LogP contribution in [-0.4, -0.2) is 24.6 Å². The fourth-order valence-electron chi connectivity index (χ4n) is 2.70. The van der Waals surface area contributed by atoms with E-state index in [-0.39, 0.29) is 0 Å². The van der Waals surface area contributed by atoms with Gasteiger partial charge in [-0.2, -0.15) is 0 Å². The quantitative estimate of drug-likeness (QED) is 0.857. The van der Waals surface area contributed by atoms with Crippen LogP contribution in [0.4, 0.5) is 5.13 Å². The van der Waals surface area contributed by atoms with E-state index in [4.69, 9.17) is 0 Å². The van der Waals surface area contributed by atoms with Gasteiger partial charge < -0.3 is 10.2 Å². The molecular weight excluding hydrogens is 242 g/mol. The van der Waals surface area contributed by atoms with Crippen molar-refractivity contribution in [3.05, 3.63) is 11.1 Å². The summed E-state index contributed by atoms with van der Waals surface area (Å²) < 4.78 is 0. The first-order chi connectivity index (χ1) is 8.73. The van der Waals surface area contributed by atoms with Crippen LogP contribution in [0.1, 0.15) is 44.9 Å². The second kappa shape index (κ2) is 6.02. The fraction of sp³-hybridized carbons (Fsp3) is 0.786. The summed E-state index contributed by atoms with van der Waals surface area (Å²) in [5.41, 5.74) is 0.535. The van der Waals surface area contributed by atoms with Gasteiger partial charge in [-0.25, -0.2) is 4.98 Å². The molecule has 1 aromatic rings. The lowest BCUT2D eigenvalue weighted by Crippen LogP contribution is -2.25. The number of anilines is 1. The predicted octanol–water partition coefficient (Wildman–Crippen LogP) is 3.27. The predicted molar refractivity (Wildman–Crippen MR) is 79.3 cm³/mol. The van der Waals surface area contributed by atoms with Crippen LogP contribution in [-0.2, 0) is 6.54 Å².